The summed E-state index contributed by atoms with van der Waals surface area (Å²) in [5.74, 6) is -0.0466. The molecular formula is C19H32O2. The Morgan fingerprint density at radius 2 is 1.52 bits per heavy atom. The van der Waals surface area contributed by atoms with Gasteiger partial charge in [0.1, 0.15) is 0 Å². The van der Waals surface area contributed by atoms with Crippen molar-refractivity contribution in [3.05, 3.63) is 36.5 Å². The van der Waals surface area contributed by atoms with Gasteiger partial charge >= 0.3 is 5.97 Å². The number of carbonyl (C=O) groups is 1. The molecule has 0 spiro atoms. The molecule has 0 fully saturated rings. The smallest absolute Gasteiger partial charge is 0.305 e. The van der Waals surface area contributed by atoms with E-state index in [0.717, 1.165) is 51.4 Å². The van der Waals surface area contributed by atoms with Crippen molar-refractivity contribution in [1.82, 2.24) is 0 Å². The van der Waals surface area contributed by atoms with E-state index in [9.17, 15) is 4.79 Å². The first-order valence-electron chi connectivity index (χ1n) is 8.41. The van der Waals surface area contributed by atoms with E-state index >= 15 is 0 Å². The molecule has 0 aromatic rings. The Hall–Kier alpha value is -1.31. The Morgan fingerprint density at radius 1 is 0.857 bits per heavy atom. The minimum Gasteiger partial charge on any atom is -0.466 e. The predicted octanol–water partition coefficient (Wildman–Crippen LogP) is 5.75. The van der Waals surface area contributed by atoms with Gasteiger partial charge < -0.3 is 4.74 Å². The van der Waals surface area contributed by atoms with Crippen LogP contribution in [0.15, 0.2) is 36.5 Å². The molecule has 0 aliphatic rings. The molecule has 0 atom stereocenters. The van der Waals surface area contributed by atoms with E-state index in [1.807, 2.05) is 6.92 Å². The Kier molecular flexibility index (Phi) is 15.7. The molecule has 0 saturated heterocycles. The van der Waals surface area contributed by atoms with Crippen LogP contribution in [0, 0.1) is 0 Å². The molecule has 2 heteroatoms. The molecule has 0 bridgehead atoms. The maximum Gasteiger partial charge on any atom is 0.305 e. The number of hydrogen-bond acceptors (Lipinski definition) is 2. The van der Waals surface area contributed by atoms with E-state index in [2.05, 4.69) is 43.4 Å². The SMILES string of the molecule is CCC=CCC=CC/C=C\CCCCCC(=O)OCCC. The van der Waals surface area contributed by atoms with Crippen molar-refractivity contribution in [3.63, 3.8) is 0 Å². The highest BCUT2D eigenvalue weighted by Gasteiger charge is 2.00. The average Bonchev–Trinajstić information content (AvgIpc) is 2.49. The molecule has 0 N–H and O–H groups in total. The summed E-state index contributed by atoms with van der Waals surface area (Å²) in [6.07, 6.45) is 22.2. The standard InChI is InChI=1S/C19H32O2/c1-3-5-6-7-8-9-10-11-12-13-14-15-16-17-19(20)21-18-4-2/h5-6,8-9,11-12H,3-4,7,10,13-18H2,1-2H3/b6-5?,9-8?,12-11-. The number of esters is 1. The van der Waals surface area contributed by atoms with Crippen molar-refractivity contribution in [2.75, 3.05) is 6.61 Å². The summed E-state index contributed by atoms with van der Waals surface area (Å²) in [7, 11) is 0. The second-order valence-corrected chi connectivity index (χ2v) is 5.11. The third-order valence-corrected chi connectivity index (χ3v) is 3.00. The summed E-state index contributed by atoms with van der Waals surface area (Å²) < 4.78 is 5.03. The molecule has 0 unspecified atom stereocenters. The molecule has 0 aliphatic heterocycles. The molecule has 0 rings (SSSR count). The molecule has 0 heterocycles. The molecule has 0 amide bonds. The summed E-state index contributed by atoms with van der Waals surface area (Å²) in [6.45, 7) is 4.72. The second kappa shape index (κ2) is 16.7. The molecule has 21 heavy (non-hydrogen) atoms. The molecule has 2 nitrogen and oxygen atoms in total. The second-order valence-electron chi connectivity index (χ2n) is 5.11. The number of ether oxygens (including phenoxy) is 1. The minimum atomic E-state index is -0.0466. The molecule has 120 valence electrons. The van der Waals surface area contributed by atoms with Gasteiger partial charge in [-0.05, 0) is 44.9 Å². The lowest BCUT2D eigenvalue weighted by Gasteiger charge is -2.02. The van der Waals surface area contributed by atoms with E-state index in [4.69, 9.17) is 4.74 Å². The summed E-state index contributed by atoms with van der Waals surface area (Å²) in [5, 5.41) is 0. The lowest BCUT2D eigenvalue weighted by molar-refractivity contribution is -0.143. The topological polar surface area (TPSA) is 26.3 Å². The minimum absolute atomic E-state index is 0.0466. The van der Waals surface area contributed by atoms with Crippen molar-refractivity contribution < 1.29 is 9.53 Å². The van der Waals surface area contributed by atoms with Gasteiger partial charge in [0.15, 0.2) is 0 Å². The zero-order chi connectivity index (χ0) is 15.6. The zero-order valence-corrected chi connectivity index (χ0v) is 13.9. The van der Waals surface area contributed by atoms with Crippen LogP contribution >= 0.6 is 0 Å². The van der Waals surface area contributed by atoms with Crippen LogP contribution in [-0.4, -0.2) is 12.6 Å². The monoisotopic (exact) mass is 292 g/mol. The predicted molar refractivity (Wildman–Crippen MR) is 91.3 cm³/mol. The average molecular weight is 292 g/mol. The van der Waals surface area contributed by atoms with Gasteiger partial charge in [0.25, 0.3) is 0 Å². The first-order valence-corrected chi connectivity index (χ1v) is 8.41. The lowest BCUT2D eigenvalue weighted by Crippen LogP contribution is -2.04. The fourth-order valence-electron chi connectivity index (χ4n) is 1.82. The highest BCUT2D eigenvalue weighted by Crippen LogP contribution is 2.05. The van der Waals surface area contributed by atoms with E-state index in [-0.39, 0.29) is 5.97 Å². The van der Waals surface area contributed by atoms with Crippen LogP contribution in [0.2, 0.25) is 0 Å². The van der Waals surface area contributed by atoms with Crippen molar-refractivity contribution in [3.8, 4) is 0 Å². The van der Waals surface area contributed by atoms with Crippen LogP contribution in [-0.2, 0) is 9.53 Å². The van der Waals surface area contributed by atoms with Gasteiger partial charge in [0, 0.05) is 6.42 Å². The fraction of sp³-hybridized carbons (Fsp3) is 0.632. The van der Waals surface area contributed by atoms with Gasteiger partial charge in [-0.3, -0.25) is 4.79 Å². The van der Waals surface area contributed by atoms with Gasteiger partial charge in [-0.1, -0.05) is 56.7 Å². The van der Waals surface area contributed by atoms with Crippen molar-refractivity contribution >= 4 is 5.97 Å². The van der Waals surface area contributed by atoms with Crippen LogP contribution in [0.5, 0.6) is 0 Å². The van der Waals surface area contributed by atoms with Gasteiger partial charge in [-0.2, -0.15) is 0 Å². The van der Waals surface area contributed by atoms with Crippen molar-refractivity contribution in [1.29, 1.82) is 0 Å². The van der Waals surface area contributed by atoms with Gasteiger partial charge in [0.2, 0.25) is 0 Å². The highest BCUT2D eigenvalue weighted by molar-refractivity contribution is 5.69. The number of rotatable bonds is 13. The van der Waals surface area contributed by atoms with Crippen molar-refractivity contribution in [2.24, 2.45) is 0 Å². The summed E-state index contributed by atoms with van der Waals surface area (Å²) in [6, 6.07) is 0. The largest absolute Gasteiger partial charge is 0.466 e. The van der Waals surface area contributed by atoms with Gasteiger partial charge in [0.05, 0.1) is 6.61 Å². The van der Waals surface area contributed by atoms with E-state index < -0.39 is 0 Å². The Labute approximate surface area is 131 Å². The van der Waals surface area contributed by atoms with Crippen LogP contribution in [0.3, 0.4) is 0 Å². The molecule has 0 saturated carbocycles. The molecule has 0 aliphatic carbocycles. The van der Waals surface area contributed by atoms with Crippen LogP contribution in [0.25, 0.3) is 0 Å². The van der Waals surface area contributed by atoms with Crippen LogP contribution in [0.1, 0.15) is 71.6 Å². The van der Waals surface area contributed by atoms with E-state index in [1.165, 1.54) is 0 Å². The summed E-state index contributed by atoms with van der Waals surface area (Å²) in [5.41, 5.74) is 0. The molecule has 0 aromatic heterocycles. The quantitative estimate of drug-likeness (QED) is 0.245. The summed E-state index contributed by atoms with van der Waals surface area (Å²) in [4.78, 5) is 11.3. The maximum atomic E-state index is 11.3. The van der Waals surface area contributed by atoms with Gasteiger partial charge in [-0.25, -0.2) is 0 Å². The third kappa shape index (κ3) is 16.6. The third-order valence-electron chi connectivity index (χ3n) is 3.00. The first-order chi connectivity index (χ1) is 10.3. The Morgan fingerprint density at radius 3 is 2.19 bits per heavy atom. The number of carbonyl (C=O) groups excluding carboxylic acids is 1. The van der Waals surface area contributed by atoms with Crippen molar-refractivity contribution in [2.45, 2.75) is 71.6 Å². The zero-order valence-electron chi connectivity index (χ0n) is 13.9. The first kappa shape index (κ1) is 19.7. The Bertz CT molecular complexity index is 314. The van der Waals surface area contributed by atoms with Crippen LogP contribution in [0.4, 0.5) is 0 Å². The number of allylic oxidation sites excluding steroid dienone is 6. The fourth-order valence-corrected chi connectivity index (χ4v) is 1.82. The number of hydrogen-bond donors (Lipinski definition) is 0. The Balaban J connectivity index is 3.32. The normalized spacial score (nSPS) is 11.9. The van der Waals surface area contributed by atoms with E-state index in [0.29, 0.717) is 13.0 Å². The molecule has 0 aromatic carbocycles. The van der Waals surface area contributed by atoms with Crippen LogP contribution < -0.4 is 0 Å². The highest BCUT2D eigenvalue weighted by atomic mass is 16.5. The molecule has 0 radical (unpaired) electrons. The summed E-state index contributed by atoms with van der Waals surface area (Å²) >= 11 is 0. The lowest BCUT2D eigenvalue weighted by atomic mass is 10.1. The maximum absolute atomic E-state index is 11.3. The molecular weight excluding hydrogens is 260 g/mol. The van der Waals surface area contributed by atoms with Gasteiger partial charge in [-0.15, -0.1) is 0 Å². The number of unbranched alkanes of at least 4 members (excludes halogenated alkanes) is 3. The van der Waals surface area contributed by atoms with E-state index in [1.54, 1.807) is 0 Å².